The molecule has 1 N–H and O–H groups in total. The molecule has 1 atom stereocenters. The van der Waals surface area contributed by atoms with E-state index in [2.05, 4.69) is 26.2 Å². The molecule has 1 aromatic heterocycles. The SMILES string of the molecule is Cc1cc(NC(=O)CC2CCCO2)ncc1Br. The Morgan fingerprint density at radius 1 is 1.71 bits per heavy atom. The highest BCUT2D eigenvalue weighted by molar-refractivity contribution is 9.10. The molecule has 1 aromatic rings. The number of aryl methyl sites for hydroxylation is 1. The quantitative estimate of drug-likeness (QED) is 0.933. The Labute approximate surface area is 109 Å². The van der Waals surface area contributed by atoms with Crippen LogP contribution in [0.2, 0.25) is 0 Å². The first kappa shape index (κ1) is 12.5. The van der Waals surface area contributed by atoms with Gasteiger partial charge in [-0.15, -0.1) is 0 Å². The molecule has 1 unspecified atom stereocenters. The minimum Gasteiger partial charge on any atom is -0.378 e. The zero-order valence-electron chi connectivity index (χ0n) is 9.70. The third-order valence-corrected chi connectivity index (χ3v) is 3.58. The number of amides is 1. The molecule has 1 saturated heterocycles. The summed E-state index contributed by atoms with van der Waals surface area (Å²) in [5.41, 5.74) is 1.05. The molecule has 0 bridgehead atoms. The van der Waals surface area contributed by atoms with Crippen molar-refractivity contribution >= 4 is 27.7 Å². The van der Waals surface area contributed by atoms with Crippen molar-refractivity contribution in [3.63, 3.8) is 0 Å². The van der Waals surface area contributed by atoms with E-state index in [1.807, 2.05) is 13.0 Å². The molecule has 1 aliphatic heterocycles. The molecule has 17 heavy (non-hydrogen) atoms. The van der Waals surface area contributed by atoms with E-state index in [1.165, 1.54) is 0 Å². The van der Waals surface area contributed by atoms with Crippen molar-refractivity contribution < 1.29 is 9.53 Å². The highest BCUT2D eigenvalue weighted by Gasteiger charge is 2.19. The van der Waals surface area contributed by atoms with Crippen molar-refractivity contribution in [3.05, 3.63) is 22.3 Å². The summed E-state index contributed by atoms with van der Waals surface area (Å²) in [6.07, 6.45) is 4.20. The van der Waals surface area contributed by atoms with Gasteiger partial charge in [-0.3, -0.25) is 4.79 Å². The van der Waals surface area contributed by atoms with E-state index < -0.39 is 0 Å². The number of carbonyl (C=O) groups excluding carboxylic acids is 1. The van der Waals surface area contributed by atoms with Gasteiger partial charge in [-0.1, -0.05) is 0 Å². The number of halogens is 1. The van der Waals surface area contributed by atoms with Crippen molar-refractivity contribution in [3.8, 4) is 0 Å². The van der Waals surface area contributed by atoms with Crippen LogP contribution < -0.4 is 5.32 Å². The van der Waals surface area contributed by atoms with Crippen LogP contribution in [-0.2, 0) is 9.53 Å². The Hall–Kier alpha value is -0.940. The number of nitrogens with one attached hydrogen (secondary N) is 1. The van der Waals surface area contributed by atoms with E-state index in [-0.39, 0.29) is 12.0 Å². The number of pyridine rings is 1. The van der Waals surface area contributed by atoms with Gasteiger partial charge >= 0.3 is 0 Å². The Balaban J connectivity index is 1.90. The van der Waals surface area contributed by atoms with Gasteiger partial charge in [0.05, 0.1) is 12.5 Å². The molecule has 0 saturated carbocycles. The number of ether oxygens (including phenoxy) is 1. The number of hydrogen-bond donors (Lipinski definition) is 1. The lowest BCUT2D eigenvalue weighted by molar-refractivity contribution is -0.118. The molecule has 1 aliphatic rings. The van der Waals surface area contributed by atoms with Crippen LogP contribution in [0, 0.1) is 6.92 Å². The highest BCUT2D eigenvalue weighted by atomic mass is 79.9. The second-order valence-corrected chi connectivity index (χ2v) is 5.06. The first-order chi connectivity index (χ1) is 8.15. The Morgan fingerprint density at radius 2 is 2.53 bits per heavy atom. The predicted molar refractivity (Wildman–Crippen MR) is 68.9 cm³/mol. The smallest absolute Gasteiger partial charge is 0.228 e. The lowest BCUT2D eigenvalue weighted by Gasteiger charge is -2.09. The number of hydrogen-bond acceptors (Lipinski definition) is 3. The Bertz CT molecular complexity index is 417. The average molecular weight is 299 g/mol. The zero-order chi connectivity index (χ0) is 12.3. The molecule has 0 spiro atoms. The number of rotatable bonds is 3. The highest BCUT2D eigenvalue weighted by Crippen LogP contribution is 2.19. The standard InChI is InChI=1S/C12H15BrN2O2/c1-8-5-11(14-7-10(8)13)15-12(16)6-9-3-2-4-17-9/h5,7,9H,2-4,6H2,1H3,(H,14,15,16). The van der Waals surface area contributed by atoms with Crippen LogP contribution in [0.1, 0.15) is 24.8 Å². The number of nitrogens with zero attached hydrogens (tertiary/aromatic N) is 1. The Kier molecular flexibility index (Phi) is 4.12. The van der Waals surface area contributed by atoms with Crippen molar-refractivity contribution in [1.29, 1.82) is 0 Å². The van der Waals surface area contributed by atoms with Crippen LogP contribution in [0.15, 0.2) is 16.7 Å². The average Bonchev–Trinajstić information content (AvgIpc) is 2.76. The minimum absolute atomic E-state index is 0.0360. The van der Waals surface area contributed by atoms with Crippen LogP contribution in [0.25, 0.3) is 0 Å². The predicted octanol–water partition coefficient (Wildman–Crippen LogP) is 2.66. The first-order valence-electron chi connectivity index (χ1n) is 5.69. The molecule has 1 amide bonds. The summed E-state index contributed by atoms with van der Waals surface area (Å²) in [5, 5.41) is 2.79. The topological polar surface area (TPSA) is 51.2 Å². The summed E-state index contributed by atoms with van der Waals surface area (Å²) in [6.45, 7) is 2.73. The molecule has 92 valence electrons. The molecule has 1 fully saturated rings. The molecule has 4 nitrogen and oxygen atoms in total. The summed E-state index contributed by atoms with van der Waals surface area (Å²) in [6, 6.07) is 1.84. The fourth-order valence-corrected chi connectivity index (χ4v) is 2.03. The number of anilines is 1. The third kappa shape index (κ3) is 3.51. The number of carbonyl (C=O) groups is 1. The summed E-state index contributed by atoms with van der Waals surface area (Å²) in [4.78, 5) is 15.9. The van der Waals surface area contributed by atoms with Crippen LogP contribution in [0.3, 0.4) is 0 Å². The van der Waals surface area contributed by atoms with E-state index in [4.69, 9.17) is 4.74 Å². The van der Waals surface area contributed by atoms with Gasteiger partial charge in [0.15, 0.2) is 0 Å². The Morgan fingerprint density at radius 3 is 3.18 bits per heavy atom. The summed E-state index contributed by atoms with van der Waals surface area (Å²) >= 11 is 3.37. The normalized spacial score (nSPS) is 19.3. The van der Waals surface area contributed by atoms with Gasteiger partial charge in [0.1, 0.15) is 5.82 Å². The maximum atomic E-state index is 11.7. The maximum absolute atomic E-state index is 11.7. The van der Waals surface area contributed by atoms with Crippen LogP contribution in [0.5, 0.6) is 0 Å². The fraction of sp³-hybridized carbons (Fsp3) is 0.500. The van der Waals surface area contributed by atoms with Gasteiger partial charge < -0.3 is 10.1 Å². The summed E-state index contributed by atoms with van der Waals surface area (Å²) in [7, 11) is 0. The second kappa shape index (κ2) is 5.60. The van der Waals surface area contributed by atoms with E-state index in [9.17, 15) is 4.79 Å². The van der Waals surface area contributed by atoms with Crippen LogP contribution >= 0.6 is 15.9 Å². The van der Waals surface area contributed by atoms with Crippen LogP contribution in [0.4, 0.5) is 5.82 Å². The zero-order valence-corrected chi connectivity index (χ0v) is 11.3. The molecule has 5 heteroatoms. The van der Waals surface area contributed by atoms with Gasteiger partial charge in [0, 0.05) is 17.3 Å². The molecule has 0 radical (unpaired) electrons. The maximum Gasteiger partial charge on any atom is 0.228 e. The van der Waals surface area contributed by atoms with Crippen molar-refractivity contribution in [2.24, 2.45) is 0 Å². The van der Waals surface area contributed by atoms with Gasteiger partial charge in [0.2, 0.25) is 5.91 Å². The molecule has 0 aliphatic carbocycles. The third-order valence-electron chi connectivity index (χ3n) is 2.75. The van der Waals surface area contributed by atoms with Crippen molar-refractivity contribution in [2.45, 2.75) is 32.3 Å². The molecule has 2 heterocycles. The van der Waals surface area contributed by atoms with E-state index in [1.54, 1.807) is 6.20 Å². The van der Waals surface area contributed by atoms with Crippen molar-refractivity contribution in [2.75, 3.05) is 11.9 Å². The van der Waals surface area contributed by atoms with E-state index in [0.717, 1.165) is 29.5 Å². The van der Waals surface area contributed by atoms with Gasteiger partial charge in [0.25, 0.3) is 0 Å². The molecule has 0 aromatic carbocycles. The fourth-order valence-electron chi connectivity index (χ4n) is 1.81. The second-order valence-electron chi connectivity index (χ2n) is 4.21. The molecule has 2 rings (SSSR count). The number of aromatic nitrogens is 1. The molecular weight excluding hydrogens is 284 g/mol. The first-order valence-corrected chi connectivity index (χ1v) is 6.48. The van der Waals surface area contributed by atoms with Crippen molar-refractivity contribution in [1.82, 2.24) is 4.98 Å². The van der Waals surface area contributed by atoms with E-state index >= 15 is 0 Å². The van der Waals surface area contributed by atoms with Gasteiger partial charge in [-0.05, 0) is 47.3 Å². The summed E-state index contributed by atoms with van der Waals surface area (Å²) in [5.74, 6) is 0.555. The monoisotopic (exact) mass is 298 g/mol. The van der Waals surface area contributed by atoms with Gasteiger partial charge in [-0.25, -0.2) is 4.98 Å². The minimum atomic E-state index is -0.0360. The van der Waals surface area contributed by atoms with Gasteiger partial charge in [-0.2, -0.15) is 0 Å². The largest absolute Gasteiger partial charge is 0.378 e. The molecular formula is C12H15BrN2O2. The van der Waals surface area contributed by atoms with E-state index in [0.29, 0.717) is 12.2 Å². The summed E-state index contributed by atoms with van der Waals surface area (Å²) < 4.78 is 6.35. The lowest BCUT2D eigenvalue weighted by atomic mass is 10.2. The van der Waals surface area contributed by atoms with Crippen LogP contribution in [-0.4, -0.2) is 23.6 Å². The lowest BCUT2D eigenvalue weighted by Crippen LogP contribution is -2.19.